The van der Waals surface area contributed by atoms with E-state index in [1.807, 2.05) is 6.92 Å². The minimum absolute atomic E-state index is 0.00284. The molecule has 1 aromatic carbocycles. The summed E-state index contributed by atoms with van der Waals surface area (Å²) in [5, 5.41) is 2.96. The van der Waals surface area contributed by atoms with Crippen LogP contribution in [0.25, 0.3) is 0 Å². The Morgan fingerprint density at radius 1 is 1.20 bits per heavy atom. The van der Waals surface area contributed by atoms with Crippen LogP contribution in [0.3, 0.4) is 0 Å². The van der Waals surface area contributed by atoms with Crippen LogP contribution in [0, 0.1) is 6.92 Å². The van der Waals surface area contributed by atoms with Crippen LogP contribution in [0.1, 0.15) is 5.56 Å². The van der Waals surface area contributed by atoms with Crippen molar-refractivity contribution in [2.45, 2.75) is 13.2 Å². The second-order valence-electron chi connectivity index (χ2n) is 4.38. The first kappa shape index (κ1) is 12.5. The lowest BCUT2D eigenvalue weighted by Gasteiger charge is -2.08. The van der Waals surface area contributed by atoms with E-state index in [0.29, 0.717) is 17.2 Å². The molecule has 3 N–H and O–H groups in total. The first-order chi connectivity index (χ1) is 9.43. The lowest BCUT2D eigenvalue weighted by Crippen LogP contribution is -2.25. The van der Waals surface area contributed by atoms with Crippen molar-refractivity contribution in [2.24, 2.45) is 0 Å². The molecule has 20 heavy (non-hydrogen) atoms. The summed E-state index contributed by atoms with van der Waals surface area (Å²) in [6.45, 7) is 1.84. The quantitative estimate of drug-likeness (QED) is 0.884. The number of halogens is 2. The lowest BCUT2D eigenvalue weighted by molar-refractivity contribution is -0.286. The Bertz CT molecular complexity index is 677. The summed E-state index contributed by atoms with van der Waals surface area (Å²) >= 11 is 0. The van der Waals surface area contributed by atoms with Gasteiger partial charge in [-0.2, -0.15) is 0 Å². The van der Waals surface area contributed by atoms with Crippen molar-refractivity contribution in [3.8, 4) is 11.5 Å². The van der Waals surface area contributed by atoms with Gasteiger partial charge in [-0.1, -0.05) is 0 Å². The number of benzene rings is 1. The molecule has 2 aromatic rings. The van der Waals surface area contributed by atoms with E-state index in [1.165, 1.54) is 12.1 Å². The number of pyridine rings is 1. The van der Waals surface area contributed by atoms with Crippen molar-refractivity contribution in [1.82, 2.24) is 4.98 Å². The zero-order valence-corrected chi connectivity index (χ0v) is 10.5. The van der Waals surface area contributed by atoms with Crippen LogP contribution in [0.4, 0.5) is 26.0 Å². The van der Waals surface area contributed by atoms with Gasteiger partial charge < -0.3 is 20.5 Å². The van der Waals surface area contributed by atoms with E-state index in [2.05, 4.69) is 19.8 Å². The van der Waals surface area contributed by atoms with Crippen LogP contribution in [0.2, 0.25) is 0 Å². The molecular weight excluding hydrogens is 268 g/mol. The Labute approximate surface area is 113 Å². The van der Waals surface area contributed by atoms with E-state index in [0.717, 1.165) is 5.56 Å². The van der Waals surface area contributed by atoms with Crippen LogP contribution in [0.15, 0.2) is 30.5 Å². The molecular formula is C13H11F2N3O2. The van der Waals surface area contributed by atoms with Crippen molar-refractivity contribution < 1.29 is 18.3 Å². The van der Waals surface area contributed by atoms with Crippen molar-refractivity contribution in [3.63, 3.8) is 0 Å². The van der Waals surface area contributed by atoms with Crippen LogP contribution < -0.4 is 20.5 Å². The zero-order chi connectivity index (χ0) is 14.3. The molecule has 3 rings (SSSR count). The number of aromatic nitrogens is 1. The van der Waals surface area contributed by atoms with Gasteiger partial charge in [0.25, 0.3) is 0 Å². The molecule has 0 bridgehead atoms. The molecule has 1 aliphatic rings. The average Bonchev–Trinajstić information content (AvgIpc) is 2.67. The van der Waals surface area contributed by atoms with Gasteiger partial charge >= 0.3 is 6.29 Å². The van der Waals surface area contributed by atoms with Gasteiger partial charge in [0.05, 0.1) is 0 Å². The molecule has 7 heteroatoms. The van der Waals surface area contributed by atoms with E-state index in [1.54, 1.807) is 18.3 Å². The van der Waals surface area contributed by atoms with E-state index < -0.39 is 6.29 Å². The molecule has 0 fully saturated rings. The number of nitrogen functional groups attached to an aromatic ring is 1. The summed E-state index contributed by atoms with van der Waals surface area (Å²) in [6, 6.07) is 6.06. The highest BCUT2D eigenvalue weighted by Crippen LogP contribution is 2.42. The summed E-state index contributed by atoms with van der Waals surface area (Å²) < 4.78 is 34.5. The number of alkyl halides is 2. The predicted molar refractivity (Wildman–Crippen MR) is 69.3 cm³/mol. The topological polar surface area (TPSA) is 69.4 Å². The van der Waals surface area contributed by atoms with Gasteiger partial charge in [0.15, 0.2) is 11.5 Å². The van der Waals surface area contributed by atoms with Gasteiger partial charge in [-0.05, 0) is 24.6 Å². The second-order valence-corrected chi connectivity index (χ2v) is 4.38. The molecule has 0 saturated heterocycles. The number of hydrogen-bond acceptors (Lipinski definition) is 5. The smallest absolute Gasteiger partial charge is 0.398 e. The molecule has 0 spiro atoms. The number of nitrogens with zero attached hydrogens (tertiary/aromatic N) is 1. The molecule has 5 nitrogen and oxygen atoms in total. The number of anilines is 3. The Kier molecular flexibility index (Phi) is 2.63. The maximum Gasteiger partial charge on any atom is 0.586 e. The van der Waals surface area contributed by atoms with Crippen LogP contribution >= 0.6 is 0 Å². The van der Waals surface area contributed by atoms with Crippen LogP contribution in [0.5, 0.6) is 11.5 Å². The van der Waals surface area contributed by atoms with Crippen molar-refractivity contribution in [3.05, 3.63) is 36.0 Å². The molecule has 0 unspecified atom stereocenters. The number of hydrogen-bond donors (Lipinski definition) is 2. The van der Waals surface area contributed by atoms with E-state index in [9.17, 15) is 8.78 Å². The number of nitrogens with one attached hydrogen (secondary N) is 1. The average molecular weight is 279 g/mol. The first-order valence-corrected chi connectivity index (χ1v) is 5.82. The summed E-state index contributed by atoms with van der Waals surface area (Å²) in [7, 11) is 0. The number of ether oxygens (including phenoxy) is 2. The summed E-state index contributed by atoms with van der Waals surface area (Å²) in [4.78, 5) is 4.15. The third kappa shape index (κ3) is 2.29. The van der Waals surface area contributed by atoms with Gasteiger partial charge in [0.2, 0.25) is 0 Å². The summed E-state index contributed by atoms with van der Waals surface area (Å²) in [5.41, 5.74) is 7.77. The van der Waals surface area contributed by atoms with E-state index in [-0.39, 0.29) is 11.5 Å². The number of rotatable bonds is 2. The molecule has 1 aliphatic heterocycles. The Morgan fingerprint density at radius 3 is 2.70 bits per heavy atom. The van der Waals surface area contributed by atoms with Gasteiger partial charge in [0.1, 0.15) is 5.82 Å². The second kappa shape index (κ2) is 4.22. The third-order valence-corrected chi connectivity index (χ3v) is 2.82. The fourth-order valence-corrected chi connectivity index (χ4v) is 1.78. The largest absolute Gasteiger partial charge is 0.586 e. The van der Waals surface area contributed by atoms with Crippen LogP contribution in [-0.4, -0.2) is 11.3 Å². The van der Waals surface area contributed by atoms with Gasteiger partial charge in [-0.15, -0.1) is 8.78 Å². The van der Waals surface area contributed by atoms with Crippen molar-refractivity contribution in [2.75, 3.05) is 11.1 Å². The molecule has 0 radical (unpaired) electrons. The predicted octanol–water partition coefficient (Wildman–Crippen LogP) is 3.04. The molecule has 0 atom stereocenters. The fraction of sp³-hybridized carbons (Fsp3) is 0.154. The van der Waals surface area contributed by atoms with E-state index >= 15 is 0 Å². The zero-order valence-electron chi connectivity index (χ0n) is 10.5. The molecule has 104 valence electrons. The Hall–Kier alpha value is -2.57. The lowest BCUT2D eigenvalue weighted by atomic mass is 10.2. The molecule has 1 aromatic heterocycles. The standard InChI is InChI=1S/C13H11F2N3O2/c1-7-6-17-12(5-9(7)16)18-8-2-3-10-11(4-8)20-13(14,15)19-10/h2-6H,1H3,(H3,16,17,18). The highest BCUT2D eigenvalue weighted by atomic mass is 19.3. The number of aryl methyl sites for hydroxylation is 1. The SMILES string of the molecule is Cc1cnc(Nc2ccc3c(c2)OC(F)(F)O3)cc1N. The summed E-state index contributed by atoms with van der Waals surface area (Å²) in [5.74, 6) is 0.482. The van der Waals surface area contributed by atoms with Crippen LogP contribution in [-0.2, 0) is 0 Å². The normalized spacial score (nSPS) is 15.2. The third-order valence-electron chi connectivity index (χ3n) is 2.82. The maximum atomic E-state index is 12.9. The Balaban J connectivity index is 1.84. The monoisotopic (exact) mass is 279 g/mol. The number of fused-ring (bicyclic) bond motifs is 1. The maximum absolute atomic E-state index is 12.9. The van der Waals surface area contributed by atoms with Gasteiger partial charge in [0, 0.05) is 29.7 Å². The first-order valence-electron chi connectivity index (χ1n) is 5.82. The van der Waals surface area contributed by atoms with Gasteiger partial charge in [-0.3, -0.25) is 0 Å². The number of nitrogens with two attached hydrogens (primary N) is 1. The summed E-state index contributed by atoms with van der Waals surface area (Å²) in [6.07, 6.45) is -1.99. The molecule has 2 heterocycles. The minimum atomic E-state index is -3.62. The minimum Gasteiger partial charge on any atom is -0.398 e. The van der Waals surface area contributed by atoms with E-state index in [4.69, 9.17) is 5.73 Å². The van der Waals surface area contributed by atoms with Gasteiger partial charge in [-0.25, -0.2) is 4.98 Å². The molecule has 0 saturated carbocycles. The fourth-order valence-electron chi connectivity index (χ4n) is 1.78. The molecule has 0 aliphatic carbocycles. The van der Waals surface area contributed by atoms with Crippen molar-refractivity contribution in [1.29, 1.82) is 0 Å². The Morgan fingerprint density at radius 2 is 1.95 bits per heavy atom. The molecule has 0 amide bonds. The highest BCUT2D eigenvalue weighted by Gasteiger charge is 2.43. The van der Waals surface area contributed by atoms with Crippen molar-refractivity contribution >= 4 is 17.2 Å². The highest BCUT2D eigenvalue weighted by molar-refractivity contribution is 5.64.